The molecule has 1 aromatic rings. The van der Waals surface area contributed by atoms with Gasteiger partial charge in [-0.2, -0.15) is 0 Å². The van der Waals surface area contributed by atoms with Gasteiger partial charge in [0.25, 0.3) is 5.91 Å². The second kappa shape index (κ2) is 7.86. The van der Waals surface area contributed by atoms with Crippen LogP contribution in [0.4, 0.5) is 4.39 Å². The number of dihydropyridines is 1. The lowest BCUT2D eigenvalue weighted by molar-refractivity contribution is -0.134. The Balaban J connectivity index is 1.65. The van der Waals surface area contributed by atoms with E-state index in [1.807, 2.05) is 13.8 Å². The van der Waals surface area contributed by atoms with Crippen LogP contribution in [0, 0.1) is 5.41 Å². The molecule has 1 aromatic heterocycles. The molecule has 3 N–H and O–H groups in total. The third kappa shape index (κ3) is 3.69. The Morgan fingerprint density at radius 1 is 1.42 bits per heavy atom. The number of rotatable bonds is 4. The van der Waals surface area contributed by atoms with Crippen LogP contribution in [0.25, 0.3) is 0 Å². The maximum Gasteiger partial charge on any atom is 0.275 e. The van der Waals surface area contributed by atoms with Crippen LogP contribution in [0.2, 0.25) is 0 Å². The largest absolute Gasteiger partial charge is 0.480 e. The molecule has 4 rings (SSSR count). The number of carbonyl (C=O) groups excluding carboxylic acids is 1. The van der Waals surface area contributed by atoms with Crippen molar-refractivity contribution in [3.8, 4) is 5.88 Å². The smallest absolute Gasteiger partial charge is 0.275 e. The molecule has 166 valence electrons. The number of ether oxygens (including phenoxy) is 2. The van der Waals surface area contributed by atoms with Crippen LogP contribution in [-0.2, 0) is 4.74 Å². The predicted octanol–water partition coefficient (Wildman–Crippen LogP) is 1.51. The Bertz CT molecular complexity index is 970. The maximum absolute atomic E-state index is 16.4. The summed E-state index contributed by atoms with van der Waals surface area (Å²) in [5.41, 5.74) is 2.86. The number of nitrogens with zero attached hydrogens (tertiary/aromatic N) is 4. The van der Waals surface area contributed by atoms with Crippen molar-refractivity contribution in [1.82, 2.24) is 15.3 Å². The van der Waals surface area contributed by atoms with E-state index >= 15 is 4.39 Å². The summed E-state index contributed by atoms with van der Waals surface area (Å²) in [6, 6.07) is 0. The number of hydrogen-bond donors (Lipinski definition) is 2. The van der Waals surface area contributed by atoms with E-state index in [2.05, 4.69) is 25.3 Å². The van der Waals surface area contributed by atoms with Crippen molar-refractivity contribution in [2.24, 2.45) is 21.1 Å². The summed E-state index contributed by atoms with van der Waals surface area (Å²) in [7, 11) is 1.47. The lowest BCUT2D eigenvalue weighted by atomic mass is 9.60. The van der Waals surface area contributed by atoms with Crippen molar-refractivity contribution in [1.29, 1.82) is 0 Å². The number of alkyl halides is 1. The SMILES string of the molecule is COc1cnc(C(=O)NC2=CC(C)([C@]34CO[C@@H](C)C[C@@]3(F)CSC(N)=N4)CN=C2)cn1. The zero-order valence-electron chi connectivity index (χ0n) is 17.6. The molecule has 11 heteroatoms. The highest BCUT2D eigenvalue weighted by molar-refractivity contribution is 8.13. The number of amides is 1. The van der Waals surface area contributed by atoms with Crippen LogP contribution < -0.4 is 15.8 Å². The molecule has 1 fully saturated rings. The number of methoxy groups -OCH3 is 1. The van der Waals surface area contributed by atoms with Crippen LogP contribution in [0.1, 0.15) is 30.8 Å². The highest BCUT2D eigenvalue weighted by Gasteiger charge is 2.66. The molecule has 0 saturated carbocycles. The van der Waals surface area contributed by atoms with E-state index in [1.165, 1.54) is 31.3 Å². The van der Waals surface area contributed by atoms with E-state index in [0.717, 1.165) is 0 Å². The van der Waals surface area contributed by atoms with Gasteiger partial charge >= 0.3 is 0 Å². The fourth-order valence-corrected chi connectivity index (χ4v) is 5.37. The average Bonchev–Trinajstić information content (AvgIpc) is 2.74. The number of aromatic nitrogens is 2. The van der Waals surface area contributed by atoms with E-state index in [4.69, 9.17) is 15.2 Å². The van der Waals surface area contributed by atoms with Gasteiger partial charge in [0.15, 0.2) is 10.8 Å². The second-order valence-corrected chi connectivity index (χ2v) is 9.27. The molecule has 0 radical (unpaired) electrons. The van der Waals surface area contributed by atoms with Gasteiger partial charge < -0.3 is 20.5 Å². The Hall–Kier alpha value is -2.53. The molecule has 3 aliphatic heterocycles. The van der Waals surface area contributed by atoms with E-state index in [9.17, 15) is 4.79 Å². The van der Waals surface area contributed by atoms with Gasteiger partial charge in [-0.1, -0.05) is 18.7 Å². The lowest BCUT2D eigenvalue weighted by Gasteiger charge is -2.56. The van der Waals surface area contributed by atoms with Crippen molar-refractivity contribution >= 4 is 29.1 Å². The van der Waals surface area contributed by atoms with Crippen LogP contribution in [0.15, 0.2) is 34.2 Å². The number of fused-ring (bicyclic) bond motifs is 1. The van der Waals surface area contributed by atoms with E-state index in [0.29, 0.717) is 23.3 Å². The molecule has 3 aliphatic rings. The summed E-state index contributed by atoms with van der Waals surface area (Å²) in [5.74, 6) is 0.0432. The molecule has 0 aliphatic carbocycles. The fourth-order valence-electron chi connectivity index (χ4n) is 4.41. The highest BCUT2D eigenvalue weighted by Crippen LogP contribution is 2.55. The Morgan fingerprint density at radius 3 is 2.94 bits per heavy atom. The summed E-state index contributed by atoms with van der Waals surface area (Å²) in [5, 5.41) is 3.10. The minimum atomic E-state index is -1.62. The van der Waals surface area contributed by atoms with Gasteiger partial charge in [-0.25, -0.2) is 19.4 Å². The first kappa shape index (κ1) is 21.7. The summed E-state index contributed by atoms with van der Waals surface area (Å²) >= 11 is 1.22. The van der Waals surface area contributed by atoms with E-state index < -0.39 is 22.5 Å². The molecule has 1 amide bonds. The number of allylic oxidation sites excluding steroid dienone is 1. The normalized spacial score (nSPS) is 34.9. The summed E-state index contributed by atoms with van der Waals surface area (Å²) in [6.45, 7) is 4.11. The number of nitrogens with two attached hydrogens (primary N) is 1. The van der Waals surface area contributed by atoms with Gasteiger partial charge in [-0.3, -0.25) is 9.79 Å². The van der Waals surface area contributed by atoms with Crippen LogP contribution in [-0.4, -0.2) is 70.6 Å². The molecule has 0 aromatic carbocycles. The third-order valence-electron chi connectivity index (χ3n) is 6.08. The monoisotopic (exact) mass is 448 g/mol. The van der Waals surface area contributed by atoms with Crippen molar-refractivity contribution in [2.45, 2.75) is 37.6 Å². The third-order valence-corrected chi connectivity index (χ3v) is 7.06. The van der Waals surface area contributed by atoms with Gasteiger partial charge in [0.1, 0.15) is 11.2 Å². The number of halogens is 1. The lowest BCUT2D eigenvalue weighted by Crippen LogP contribution is -2.69. The van der Waals surface area contributed by atoms with Gasteiger partial charge in [0.2, 0.25) is 5.88 Å². The molecule has 4 heterocycles. The highest BCUT2D eigenvalue weighted by atomic mass is 32.2. The van der Waals surface area contributed by atoms with E-state index in [1.54, 1.807) is 12.3 Å². The predicted molar refractivity (Wildman–Crippen MR) is 116 cm³/mol. The van der Waals surface area contributed by atoms with Crippen molar-refractivity contribution < 1.29 is 18.7 Å². The van der Waals surface area contributed by atoms with Gasteiger partial charge in [0.05, 0.1) is 44.5 Å². The van der Waals surface area contributed by atoms with E-state index in [-0.39, 0.29) is 30.6 Å². The van der Waals surface area contributed by atoms with Gasteiger partial charge in [0, 0.05) is 23.8 Å². The average molecular weight is 449 g/mol. The molecule has 31 heavy (non-hydrogen) atoms. The zero-order valence-corrected chi connectivity index (χ0v) is 18.4. The molecule has 0 bridgehead atoms. The van der Waals surface area contributed by atoms with Crippen molar-refractivity contribution in [3.05, 3.63) is 29.9 Å². The topological polar surface area (TPSA) is 124 Å². The number of aliphatic imine (C=N–C) groups is 2. The standard InChI is InChI=1S/C20H25FN6O3S/c1-12-4-19(21)11-31-17(22)27-20(19,10-30-12)18(2)5-13(6-23-9-18)26-16(28)14-7-25-15(29-3)8-24-14/h5-8,12H,4,9-11H2,1-3H3,(H2,22,27)(H,26,28)/t12-,18?,19+,20+/m0/s1. The first-order valence-electron chi connectivity index (χ1n) is 9.89. The number of nitrogens with one attached hydrogen (secondary N) is 1. The number of carbonyl (C=O) groups is 1. The first-order valence-corrected chi connectivity index (χ1v) is 10.9. The van der Waals surface area contributed by atoms with Gasteiger partial charge in [-0.15, -0.1) is 0 Å². The minimum absolute atomic E-state index is 0.0830. The molecule has 0 spiro atoms. The molecular formula is C20H25FN6O3S. The fraction of sp³-hybridized carbons (Fsp3) is 0.550. The minimum Gasteiger partial charge on any atom is -0.480 e. The number of amidine groups is 1. The van der Waals surface area contributed by atoms with Crippen molar-refractivity contribution in [3.63, 3.8) is 0 Å². The Morgan fingerprint density at radius 2 is 2.23 bits per heavy atom. The zero-order chi connectivity index (χ0) is 22.3. The summed E-state index contributed by atoms with van der Waals surface area (Å²) in [4.78, 5) is 29.7. The number of hydrogen-bond acceptors (Lipinski definition) is 9. The maximum atomic E-state index is 16.4. The summed E-state index contributed by atoms with van der Waals surface area (Å²) in [6.07, 6.45) is 6.02. The Kier molecular flexibility index (Phi) is 5.50. The van der Waals surface area contributed by atoms with Crippen LogP contribution in [0.5, 0.6) is 5.88 Å². The number of thioether (sulfide) groups is 1. The Labute approximate surface area is 183 Å². The molecular weight excluding hydrogens is 423 g/mol. The van der Waals surface area contributed by atoms with Gasteiger partial charge in [-0.05, 0) is 13.0 Å². The first-order chi connectivity index (χ1) is 14.7. The second-order valence-electron chi connectivity index (χ2n) is 8.28. The quantitative estimate of drug-likeness (QED) is 0.715. The molecule has 4 atom stereocenters. The van der Waals surface area contributed by atoms with Crippen LogP contribution in [0.3, 0.4) is 0 Å². The molecule has 9 nitrogen and oxygen atoms in total. The molecule has 1 saturated heterocycles. The van der Waals surface area contributed by atoms with Crippen molar-refractivity contribution in [2.75, 3.05) is 26.0 Å². The summed E-state index contributed by atoms with van der Waals surface area (Å²) < 4.78 is 27.2. The molecule has 1 unspecified atom stereocenters. The van der Waals surface area contributed by atoms with Crippen LogP contribution >= 0.6 is 11.8 Å².